The molecule has 7 rings (SSSR count). The number of benzene rings is 1. The first-order valence-electron chi connectivity index (χ1n) is 17.8. The lowest BCUT2D eigenvalue weighted by molar-refractivity contribution is -0.138. The molecule has 0 bridgehead atoms. The van der Waals surface area contributed by atoms with Crippen LogP contribution >= 0.6 is 0 Å². The fourth-order valence-corrected chi connectivity index (χ4v) is 6.54. The van der Waals surface area contributed by atoms with Crippen molar-refractivity contribution in [2.75, 3.05) is 45.9 Å². The van der Waals surface area contributed by atoms with Crippen molar-refractivity contribution in [1.29, 1.82) is 0 Å². The van der Waals surface area contributed by atoms with Crippen LogP contribution in [0.25, 0.3) is 33.7 Å². The maximum Gasteiger partial charge on any atom is 0.416 e. The molecule has 0 saturated carbocycles. The SMILES string of the molecule is CC(C)(C)c1noc(C(=O)NCc2ccc(-c3ccnc4nc(-c5cnn(C6CCCN(C(=O)/C=C/CN7CCOCC7)C6)c5)[nH]c34)cc2C(F)(F)F)n1. The molecule has 2 saturated heterocycles. The highest BCUT2D eigenvalue weighted by Crippen LogP contribution is 2.37. The van der Waals surface area contributed by atoms with Crippen LogP contribution in [0.2, 0.25) is 0 Å². The van der Waals surface area contributed by atoms with E-state index in [0.29, 0.717) is 66.8 Å². The number of amides is 2. The van der Waals surface area contributed by atoms with Gasteiger partial charge in [0.2, 0.25) is 5.91 Å². The molecule has 2 aliphatic rings. The number of fused-ring (bicyclic) bond motifs is 1. The van der Waals surface area contributed by atoms with Crippen LogP contribution in [-0.2, 0) is 27.7 Å². The summed E-state index contributed by atoms with van der Waals surface area (Å²) in [6, 6.07) is 5.53. The fourth-order valence-electron chi connectivity index (χ4n) is 6.54. The number of carbonyl (C=O) groups excluding carboxylic acids is 2. The van der Waals surface area contributed by atoms with Crippen molar-refractivity contribution in [2.24, 2.45) is 0 Å². The minimum absolute atomic E-state index is 0.0267. The summed E-state index contributed by atoms with van der Waals surface area (Å²) in [4.78, 5) is 46.0. The third kappa shape index (κ3) is 8.21. The molecule has 17 heteroatoms. The second-order valence-electron chi connectivity index (χ2n) is 14.5. The lowest BCUT2D eigenvalue weighted by Gasteiger charge is -2.32. The van der Waals surface area contributed by atoms with Gasteiger partial charge in [-0.1, -0.05) is 44.1 Å². The Balaban J connectivity index is 1.06. The average Bonchev–Trinajstić information content (AvgIpc) is 3.94. The van der Waals surface area contributed by atoms with Gasteiger partial charge in [-0.3, -0.25) is 19.2 Å². The quantitative estimate of drug-likeness (QED) is 0.193. The number of carbonyl (C=O) groups is 2. The van der Waals surface area contributed by atoms with E-state index in [0.717, 1.165) is 32.0 Å². The number of pyridine rings is 1. The summed E-state index contributed by atoms with van der Waals surface area (Å²) in [5, 5.41) is 10.8. The van der Waals surface area contributed by atoms with Gasteiger partial charge in [0, 0.05) is 68.7 Å². The Morgan fingerprint density at radius 1 is 1.07 bits per heavy atom. The van der Waals surface area contributed by atoms with Crippen molar-refractivity contribution in [1.82, 2.24) is 50.0 Å². The zero-order valence-corrected chi connectivity index (χ0v) is 30.2. The first-order valence-corrected chi connectivity index (χ1v) is 17.8. The number of hydrogen-bond acceptors (Lipinski definition) is 10. The summed E-state index contributed by atoms with van der Waals surface area (Å²) < 4.78 is 55.4. The van der Waals surface area contributed by atoms with Gasteiger partial charge >= 0.3 is 18.0 Å². The van der Waals surface area contributed by atoms with E-state index < -0.39 is 29.6 Å². The highest BCUT2D eigenvalue weighted by molar-refractivity contribution is 5.92. The fraction of sp³-hybridized carbons (Fsp3) is 0.432. The molecule has 54 heavy (non-hydrogen) atoms. The molecule has 14 nitrogen and oxygen atoms in total. The van der Waals surface area contributed by atoms with Crippen molar-refractivity contribution in [3.63, 3.8) is 0 Å². The Morgan fingerprint density at radius 3 is 2.65 bits per heavy atom. The summed E-state index contributed by atoms with van der Waals surface area (Å²) in [7, 11) is 0. The zero-order chi connectivity index (χ0) is 38.0. The third-order valence-electron chi connectivity index (χ3n) is 9.53. The van der Waals surface area contributed by atoms with Crippen LogP contribution < -0.4 is 5.32 Å². The number of nitrogens with one attached hydrogen (secondary N) is 2. The monoisotopic (exact) mass is 746 g/mol. The number of likely N-dealkylation sites (tertiary alicyclic amines) is 1. The number of aromatic nitrogens is 7. The van der Waals surface area contributed by atoms with Gasteiger partial charge in [-0.05, 0) is 36.1 Å². The summed E-state index contributed by atoms with van der Waals surface area (Å²) in [6.07, 6.45) is 5.55. The molecule has 0 aliphatic carbocycles. The topological polar surface area (TPSA) is 160 Å². The van der Waals surface area contributed by atoms with E-state index in [1.165, 1.54) is 12.3 Å². The number of morpholine rings is 1. The molecule has 0 spiro atoms. The van der Waals surface area contributed by atoms with E-state index in [-0.39, 0.29) is 29.0 Å². The van der Waals surface area contributed by atoms with E-state index in [2.05, 4.69) is 40.4 Å². The van der Waals surface area contributed by atoms with Crippen LogP contribution in [-0.4, -0.2) is 102 Å². The molecule has 0 radical (unpaired) electrons. The second-order valence-corrected chi connectivity index (χ2v) is 14.5. The van der Waals surface area contributed by atoms with Gasteiger partial charge in [0.05, 0.1) is 42.1 Å². The van der Waals surface area contributed by atoms with Crippen LogP contribution in [0.1, 0.15) is 67.3 Å². The Morgan fingerprint density at radius 2 is 1.89 bits per heavy atom. The smallest absolute Gasteiger partial charge is 0.379 e. The number of hydrogen-bond donors (Lipinski definition) is 2. The first kappa shape index (κ1) is 36.9. The molecular weight excluding hydrogens is 705 g/mol. The van der Waals surface area contributed by atoms with Crippen LogP contribution in [0.4, 0.5) is 13.2 Å². The van der Waals surface area contributed by atoms with Crippen LogP contribution in [0.15, 0.2) is 59.5 Å². The maximum absolute atomic E-state index is 14.4. The molecule has 2 fully saturated rings. The standard InChI is InChI=1S/C37H41F3N10O4/c1-36(2,3)35-46-34(54-47-35)33(52)42-19-24-9-8-23(18-28(24)37(38,39)40)27-10-11-41-32-30(27)44-31(45-32)25-20-43-50(21-25)26-6-4-13-49(22-26)29(51)7-5-12-48-14-16-53-17-15-48/h5,7-11,18,20-21,26H,4,6,12-17,19,22H2,1-3H3,(H,42,52)(H,41,44,45)/b7-5+. The Labute approximate surface area is 308 Å². The predicted octanol–water partition coefficient (Wildman–Crippen LogP) is 5.17. The summed E-state index contributed by atoms with van der Waals surface area (Å²) in [5.74, 6) is -0.372. The zero-order valence-electron chi connectivity index (χ0n) is 30.2. The average molecular weight is 747 g/mol. The van der Waals surface area contributed by atoms with Crippen molar-refractivity contribution in [3.8, 4) is 22.5 Å². The number of aromatic amines is 1. The Bertz CT molecular complexity index is 2160. The first-order chi connectivity index (χ1) is 25.8. The largest absolute Gasteiger partial charge is 0.416 e. The molecular formula is C37H41F3N10O4. The molecule has 5 aromatic rings. The molecule has 1 aromatic carbocycles. The number of imidazole rings is 1. The number of H-pyrrole nitrogens is 1. The van der Waals surface area contributed by atoms with Gasteiger partial charge in [0.25, 0.3) is 0 Å². The van der Waals surface area contributed by atoms with E-state index in [1.807, 2.05) is 42.6 Å². The third-order valence-corrected chi connectivity index (χ3v) is 9.53. The highest BCUT2D eigenvalue weighted by Gasteiger charge is 2.34. The van der Waals surface area contributed by atoms with Gasteiger partial charge in [-0.15, -0.1) is 0 Å². The van der Waals surface area contributed by atoms with E-state index >= 15 is 0 Å². The number of rotatable bonds is 9. The Hall–Kier alpha value is -5.42. The molecule has 4 aromatic heterocycles. The number of piperidine rings is 1. The van der Waals surface area contributed by atoms with Crippen molar-refractivity contribution in [2.45, 2.75) is 57.8 Å². The summed E-state index contributed by atoms with van der Waals surface area (Å²) in [5.41, 5.74) is 0.699. The van der Waals surface area contributed by atoms with E-state index in [1.54, 1.807) is 24.4 Å². The highest BCUT2D eigenvalue weighted by atomic mass is 19.4. The van der Waals surface area contributed by atoms with Crippen LogP contribution in [0.5, 0.6) is 0 Å². The molecule has 2 amide bonds. The number of halogens is 3. The van der Waals surface area contributed by atoms with Gasteiger partial charge < -0.3 is 24.5 Å². The minimum Gasteiger partial charge on any atom is -0.379 e. The maximum atomic E-state index is 14.4. The molecule has 284 valence electrons. The van der Waals surface area contributed by atoms with Gasteiger partial charge in [-0.25, -0.2) is 9.97 Å². The summed E-state index contributed by atoms with van der Waals surface area (Å²) >= 11 is 0. The van der Waals surface area contributed by atoms with Gasteiger partial charge in [0.1, 0.15) is 5.82 Å². The van der Waals surface area contributed by atoms with Crippen molar-refractivity contribution in [3.05, 3.63) is 77.9 Å². The van der Waals surface area contributed by atoms with Crippen LogP contribution in [0.3, 0.4) is 0 Å². The summed E-state index contributed by atoms with van der Waals surface area (Å²) in [6.45, 7) is 10.1. The molecule has 1 atom stereocenters. The Kier molecular flexibility index (Phi) is 10.3. The van der Waals surface area contributed by atoms with Gasteiger partial charge in [0.15, 0.2) is 11.5 Å². The van der Waals surface area contributed by atoms with Gasteiger partial charge in [-0.2, -0.15) is 23.3 Å². The molecule has 2 N–H and O–H groups in total. The van der Waals surface area contributed by atoms with E-state index in [4.69, 9.17) is 9.26 Å². The minimum atomic E-state index is -4.71. The van der Waals surface area contributed by atoms with Crippen LogP contribution in [0, 0.1) is 0 Å². The van der Waals surface area contributed by atoms with Crippen molar-refractivity contribution < 1.29 is 32.0 Å². The molecule has 6 heterocycles. The van der Waals surface area contributed by atoms with Crippen molar-refractivity contribution >= 4 is 23.0 Å². The number of ether oxygens (including phenoxy) is 1. The molecule has 2 aliphatic heterocycles. The molecule has 1 unspecified atom stereocenters. The number of nitrogens with zero attached hydrogens (tertiary/aromatic N) is 8. The lowest BCUT2D eigenvalue weighted by atomic mass is 9.96. The number of alkyl halides is 3. The second kappa shape index (κ2) is 15.1. The predicted molar refractivity (Wildman–Crippen MR) is 191 cm³/mol. The van der Waals surface area contributed by atoms with E-state index in [9.17, 15) is 22.8 Å². The normalized spacial score (nSPS) is 17.4. The lowest BCUT2D eigenvalue weighted by Crippen LogP contribution is -2.40.